The van der Waals surface area contributed by atoms with Crippen molar-refractivity contribution in [3.63, 3.8) is 0 Å². The van der Waals surface area contributed by atoms with E-state index in [1.807, 2.05) is 6.07 Å². The number of fused-ring (bicyclic) bond motifs is 1. The van der Waals surface area contributed by atoms with E-state index in [9.17, 15) is 18.0 Å². The molecule has 204 valence electrons. The first-order chi connectivity index (χ1) is 17.8. The van der Waals surface area contributed by atoms with Crippen molar-refractivity contribution in [3.05, 3.63) is 34.7 Å². The van der Waals surface area contributed by atoms with Crippen LogP contribution in [0.5, 0.6) is 0 Å². The highest BCUT2D eigenvalue weighted by molar-refractivity contribution is 7.89. The van der Waals surface area contributed by atoms with Crippen molar-refractivity contribution in [2.75, 3.05) is 39.0 Å². The molecule has 0 bridgehead atoms. The van der Waals surface area contributed by atoms with Crippen molar-refractivity contribution in [2.24, 2.45) is 11.8 Å². The molecule has 5 rings (SSSR count). The van der Waals surface area contributed by atoms with Gasteiger partial charge in [-0.15, -0.1) is 0 Å². The van der Waals surface area contributed by atoms with Crippen LogP contribution in [0.1, 0.15) is 63.8 Å². The van der Waals surface area contributed by atoms with Crippen molar-refractivity contribution in [1.29, 1.82) is 0 Å². The number of aromatic nitrogens is 2. The van der Waals surface area contributed by atoms with Crippen LogP contribution in [0.2, 0.25) is 0 Å². The smallest absolute Gasteiger partial charge is 0.343 e. The highest BCUT2D eigenvalue weighted by atomic mass is 32.2. The first-order valence-corrected chi connectivity index (χ1v) is 15.8. The molecule has 2 N–H and O–H groups in total. The van der Waals surface area contributed by atoms with Gasteiger partial charge in [-0.25, -0.2) is 13.2 Å². The maximum Gasteiger partial charge on any atom is 0.343 e. The Bertz CT molecular complexity index is 1260. The number of likely N-dealkylation sites (tertiary alicyclic amines) is 1. The number of amides is 1. The zero-order valence-electron chi connectivity index (χ0n) is 21.9. The van der Waals surface area contributed by atoms with Gasteiger partial charge in [-0.05, 0) is 50.3 Å². The Kier molecular flexibility index (Phi) is 8.07. The van der Waals surface area contributed by atoms with Crippen LogP contribution >= 0.6 is 0 Å². The number of nitrogens with zero attached hydrogens (tertiary/aromatic N) is 3. The number of nitrogens with one attached hydrogen (secondary N) is 2. The summed E-state index contributed by atoms with van der Waals surface area (Å²) in [5, 5.41) is 6.53. The summed E-state index contributed by atoms with van der Waals surface area (Å²) in [7, 11) is -3.81. The fraction of sp³-hybridized carbons (Fsp3) is 0.704. The van der Waals surface area contributed by atoms with Gasteiger partial charge in [-0.1, -0.05) is 44.2 Å². The van der Waals surface area contributed by atoms with E-state index in [2.05, 4.69) is 15.5 Å². The van der Waals surface area contributed by atoms with Gasteiger partial charge in [0, 0.05) is 32.2 Å². The average molecular weight is 532 g/mol. The summed E-state index contributed by atoms with van der Waals surface area (Å²) >= 11 is 0. The van der Waals surface area contributed by atoms with E-state index in [4.69, 9.17) is 0 Å². The highest BCUT2D eigenvalue weighted by Crippen LogP contribution is 2.33. The van der Waals surface area contributed by atoms with E-state index in [1.165, 1.54) is 44.9 Å². The molecule has 0 radical (unpaired) electrons. The first kappa shape index (κ1) is 26.4. The molecule has 1 amide bonds. The topological polar surface area (TPSA) is 105 Å². The number of imidazole rings is 1. The van der Waals surface area contributed by atoms with Crippen LogP contribution in [0.3, 0.4) is 0 Å². The predicted molar refractivity (Wildman–Crippen MR) is 145 cm³/mol. The second-order valence-corrected chi connectivity index (χ2v) is 13.1. The number of piperidine rings is 1. The highest BCUT2D eigenvalue weighted by Gasteiger charge is 2.39. The standard InChI is InChI=1S/C27H41N5O4S/c1-37(35,36)32-25-12-8-7-11-24(25)31(27(32)34)23-14-16-30(18-20-9-5-3-2-4-6-10-20)19-22(23)26(33)29-21-13-15-28-17-21/h7-8,11-12,20-23,28H,2-6,9-10,13-19H2,1H3,(H,29,33)/t21-,22-,23-/m0/s1. The van der Waals surface area contributed by atoms with Gasteiger partial charge in [0.2, 0.25) is 15.9 Å². The monoisotopic (exact) mass is 531 g/mol. The zero-order chi connectivity index (χ0) is 26.0. The minimum absolute atomic E-state index is 0.0378. The Morgan fingerprint density at radius 2 is 1.73 bits per heavy atom. The predicted octanol–water partition coefficient (Wildman–Crippen LogP) is 2.31. The molecule has 3 atom stereocenters. The summed E-state index contributed by atoms with van der Waals surface area (Å²) < 4.78 is 27.7. The van der Waals surface area contributed by atoms with Crippen molar-refractivity contribution in [1.82, 2.24) is 24.1 Å². The minimum atomic E-state index is -3.81. The third kappa shape index (κ3) is 5.81. The van der Waals surface area contributed by atoms with Crippen molar-refractivity contribution in [2.45, 2.75) is 69.9 Å². The van der Waals surface area contributed by atoms with Gasteiger partial charge in [0.1, 0.15) is 0 Å². The van der Waals surface area contributed by atoms with Crippen LogP contribution in [0.4, 0.5) is 0 Å². The largest absolute Gasteiger partial charge is 0.352 e. The van der Waals surface area contributed by atoms with Crippen LogP contribution in [0, 0.1) is 11.8 Å². The molecule has 1 aromatic carbocycles. The number of hydrogen-bond acceptors (Lipinski definition) is 6. The van der Waals surface area contributed by atoms with E-state index in [-0.39, 0.29) is 11.9 Å². The molecule has 0 spiro atoms. The van der Waals surface area contributed by atoms with E-state index in [0.717, 1.165) is 42.8 Å². The Hall–Kier alpha value is -2.17. The summed E-state index contributed by atoms with van der Waals surface area (Å²) in [6.45, 7) is 4.00. The molecule has 10 heteroatoms. The number of benzene rings is 1. The van der Waals surface area contributed by atoms with Gasteiger partial charge < -0.3 is 15.5 Å². The molecule has 3 fully saturated rings. The van der Waals surface area contributed by atoms with Crippen LogP contribution in [-0.4, -0.2) is 72.8 Å². The Balaban J connectivity index is 1.46. The lowest BCUT2D eigenvalue weighted by molar-refractivity contribution is -0.129. The lowest BCUT2D eigenvalue weighted by Gasteiger charge is -2.40. The van der Waals surface area contributed by atoms with Crippen LogP contribution < -0.4 is 16.3 Å². The zero-order valence-corrected chi connectivity index (χ0v) is 22.7. The van der Waals surface area contributed by atoms with Gasteiger partial charge in [0.05, 0.1) is 29.2 Å². The maximum atomic E-state index is 13.7. The molecule has 1 saturated carbocycles. The summed E-state index contributed by atoms with van der Waals surface area (Å²) in [4.78, 5) is 29.7. The third-order valence-electron chi connectivity index (χ3n) is 8.55. The lowest BCUT2D eigenvalue weighted by atomic mass is 9.87. The molecule has 1 aliphatic carbocycles. The van der Waals surface area contributed by atoms with Crippen molar-refractivity contribution in [3.8, 4) is 0 Å². The molecule has 2 saturated heterocycles. The van der Waals surface area contributed by atoms with Crippen LogP contribution in [0.25, 0.3) is 11.0 Å². The second kappa shape index (κ2) is 11.3. The Labute approximate surface area is 219 Å². The number of rotatable bonds is 6. The molecule has 2 aliphatic heterocycles. The Morgan fingerprint density at radius 3 is 2.41 bits per heavy atom. The quantitative estimate of drug-likeness (QED) is 0.593. The molecular formula is C27H41N5O4S. The van der Waals surface area contributed by atoms with E-state index >= 15 is 0 Å². The van der Waals surface area contributed by atoms with Gasteiger partial charge in [-0.2, -0.15) is 3.97 Å². The van der Waals surface area contributed by atoms with Crippen molar-refractivity contribution < 1.29 is 13.2 Å². The Morgan fingerprint density at radius 1 is 1.03 bits per heavy atom. The second-order valence-electron chi connectivity index (χ2n) is 11.3. The normalized spacial score (nSPS) is 26.7. The van der Waals surface area contributed by atoms with E-state index in [1.54, 1.807) is 22.8 Å². The molecule has 3 heterocycles. The average Bonchev–Trinajstić information content (AvgIpc) is 3.45. The molecule has 2 aromatic rings. The first-order valence-electron chi connectivity index (χ1n) is 14.0. The fourth-order valence-electron chi connectivity index (χ4n) is 6.70. The third-order valence-corrected chi connectivity index (χ3v) is 9.56. The molecule has 3 aliphatic rings. The maximum absolute atomic E-state index is 13.7. The molecule has 0 unspecified atom stereocenters. The van der Waals surface area contributed by atoms with Gasteiger partial charge in [0.15, 0.2) is 0 Å². The van der Waals surface area contributed by atoms with E-state index < -0.39 is 27.7 Å². The van der Waals surface area contributed by atoms with Crippen LogP contribution in [-0.2, 0) is 14.8 Å². The number of carbonyl (C=O) groups is 1. The molecule has 1 aromatic heterocycles. The molecule has 9 nitrogen and oxygen atoms in total. The minimum Gasteiger partial charge on any atom is -0.352 e. The van der Waals surface area contributed by atoms with Gasteiger partial charge in [0.25, 0.3) is 0 Å². The summed E-state index contributed by atoms with van der Waals surface area (Å²) in [6.07, 6.45) is 11.6. The number of para-hydroxylation sites is 2. The lowest BCUT2D eigenvalue weighted by Crippen LogP contribution is -2.52. The summed E-state index contributed by atoms with van der Waals surface area (Å²) in [5.74, 6) is 0.179. The SMILES string of the molecule is CS(=O)(=O)n1c(=O)n([C@H]2CCN(CC3CCCCCCC3)C[C@@H]2C(=O)N[C@H]2CCNC2)c2ccccc21. The molecule has 37 heavy (non-hydrogen) atoms. The summed E-state index contributed by atoms with van der Waals surface area (Å²) in [5.41, 5.74) is 0.352. The summed E-state index contributed by atoms with van der Waals surface area (Å²) in [6, 6.07) is 6.69. The van der Waals surface area contributed by atoms with Crippen LogP contribution in [0.15, 0.2) is 29.1 Å². The van der Waals surface area contributed by atoms with Crippen molar-refractivity contribution >= 4 is 27.0 Å². The number of hydrogen-bond donors (Lipinski definition) is 2. The van der Waals surface area contributed by atoms with E-state index in [0.29, 0.717) is 29.9 Å². The molecular weight excluding hydrogens is 490 g/mol. The number of carbonyl (C=O) groups excluding carboxylic acids is 1. The fourth-order valence-corrected chi connectivity index (χ4v) is 7.58. The van der Waals surface area contributed by atoms with Gasteiger partial charge >= 0.3 is 5.69 Å². The van der Waals surface area contributed by atoms with Gasteiger partial charge in [-0.3, -0.25) is 9.36 Å².